The van der Waals surface area contributed by atoms with Crippen LogP contribution in [0.4, 0.5) is 5.69 Å². The predicted octanol–water partition coefficient (Wildman–Crippen LogP) is 1.40. The molecule has 19 heavy (non-hydrogen) atoms. The summed E-state index contributed by atoms with van der Waals surface area (Å²) in [5, 5.41) is 4.28. The van der Waals surface area contributed by atoms with Gasteiger partial charge in [0.25, 0.3) is 5.88 Å². The number of nitrogen functional groups attached to an aromatic ring is 1. The van der Waals surface area contributed by atoms with Crippen molar-refractivity contribution in [2.45, 2.75) is 0 Å². The number of nitrogens with zero attached hydrogens (tertiary/aromatic N) is 4. The van der Waals surface area contributed by atoms with Gasteiger partial charge in [-0.25, -0.2) is 4.52 Å². The van der Waals surface area contributed by atoms with Gasteiger partial charge in [0.1, 0.15) is 12.3 Å². The highest BCUT2D eigenvalue weighted by Gasteiger charge is 2.09. The van der Waals surface area contributed by atoms with Gasteiger partial charge in [0.15, 0.2) is 0 Å². The van der Waals surface area contributed by atoms with Crippen LogP contribution in [0, 0.1) is 0 Å². The maximum atomic E-state index is 5.98. The normalized spacial score (nSPS) is 11.0. The summed E-state index contributed by atoms with van der Waals surface area (Å²) < 4.78 is 7.30. The summed E-state index contributed by atoms with van der Waals surface area (Å²) in [6, 6.07) is 5.71. The third kappa shape index (κ3) is 3.04. The highest BCUT2D eigenvalue weighted by molar-refractivity contribution is 5.74. The lowest BCUT2D eigenvalue weighted by atomic mass is 10.4. The van der Waals surface area contributed by atoms with Crippen molar-refractivity contribution in [1.29, 1.82) is 0 Å². The summed E-state index contributed by atoms with van der Waals surface area (Å²) in [6.07, 6.45) is 5.28. The number of hydrogen-bond donors (Lipinski definition) is 1. The van der Waals surface area contributed by atoms with Crippen molar-refractivity contribution in [2.75, 3.05) is 25.9 Å². The predicted molar refractivity (Wildman–Crippen MR) is 76.4 cm³/mol. The largest absolute Gasteiger partial charge is 0.473 e. The van der Waals surface area contributed by atoms with Crippen molar-refractivity contribution in [1.82, 2.24) is 14.5 Å². The Bertz CT molecular complexity index is 590. The molecule has 6 heteroatoms. The van der Waals surface area contributed by atoms with Gasteiger partial charge in [-0.15, -0.1) is 5.10 Å². The Balaban J connectivity index is 1.96. The van der Waals surface area contributed by atoms with Crippen LogP contribution in [0.15, 0.2) is 41.8 Å². The smallest absolute Gasteiger partial charge is 0.257 e. The van der Waals surface area contributed by atoms with Crippen LogP contribution >= 0.6 is 0 Å². The molecule has 6 nitrogen and oxygen atoms in total. The molecule has 0 aliphatic rings. The van der Waals surface area contributed by atoms with Gasteiger partial charge in [0.05, 0.1) is 12.1 Å². The molecule has 0 radical (unpaired) electrons. The van der Waals surface area contributed by atoms with E-state index in [-0.39, 0.29) is 0 Å². The van der Waals surface area contributed by atoms with Gasteiger partial charge >= 0.3 is 0 Å². The molecule has 2 aromatic heterocycles. The van der Waals surface area contributed by atoms with Crippen LogP contribution in [0.2, 0.25) is 0 Å². The zero-order chi connectivity index (χ0) is 13.7. The molecular weight excluding hydrogens is 242 g/mol. The molecule has 2 rings (SSSR count). The summed E-state index contributed by atoms with van der Waals surface area (Å²) in [5.74, 6) is 0.463. The second kappa shape index (κ2) is 5.90. The molecule has 0 bridgehead atoms. The maximum absolute atomic E-state index is 5.98. The fourth-order valence-electron chi connectivity index (χ4n) is 1.62. The minimum absolute atomic E-state index is 0.463. The second-order valence-electron chi connectivity index (χ2n) is 4.06. The SMILES string of the molecule is C=N/C=C\N(C)CCOc1nn2ccccc2c1N. The van der Waals surface area contributed by atoms with E-state index in [1.165, 1.54) is 0 Å². The van der Waals surface area contributed by atoms with E-state index in [4.69, 9.17) is 10.5 Å². The fraction of sp³-hybridized carbons (Fsp3) is 0.231. The molecular formula is C13H17N5O. The molecule has 2 heterocycles. The fourth-order valence-corrected chi connectivity index (χ4v) is 1.62. The van der Waals surface area contributed by atoms with E-state index >= 15 is 0 Å². The Labute approximate surface area is 111 Å². The molecule has 0 saturated carbocycles. The lowest BCUT2D eigenvalue weighted by Crippen LogP contribution is -2.19. The molecule has 2 N–H and O–H groups in total. The first-order chi connectivity index (χ1) is 9.22. The number of aromatic nitrogens is 2. The van der Waals surface area contributed by atoms with E-state index in [1.54, 1.807) is 10.7 Å². The molecule has 0 amide bonds. The standard InChI is InChI=1S/C13H17N5O/c1-15-6-8-17(2)9-10-19-13-12(14)11-5-3-4-7-18(11)16-13/h3-8H,1,9-10,14H2,2H3/b8-6-. The van der Waals surface area contributed by atoms with Crippen molar-refractivity contribution in [3.05, 3.63) is 36.8 Å². The van der Waals surface area contributed by atoms with Gasteiger partial charge in [0.2, 0.25) is 0 Å². The first kappa shape index (κ1) is 12.9. The average Bonchev–Trinajstić information content (AvgIpc) is 2.74. The molecule has 0 aliphatic carbocycles. The van der Waals surface area contributed by atoms with Crippen LogP contribution < -0.4 is 10.5 Å². The number of aliphatic imine (C=N–C) groups is 1. The highest BCUT2D eigenvalue weighted by atomic mass is 16.5. The van der Waals surface area contributed by atoms with Gasteiger partial charge in [-0.3, -0.25) is 4.99 Å². The quantitative estimate of drug-likeness (QED) is 0.796. The van der Waals surface area contributed by atoms with Crippen molar-refractivity contribution in [3.63, 3.8) is 0 Å². The monoisotopic (exact) mass is 259 g/mol. The van der Waals surface area contributed by atoms with Crippen LogP contribution in [-0.2, 0) is 0 Å². The van der Waals surface area contributed by atoms with Crippen LogP contribution in [0.5, 0.6) is 5.88 Å². The summed E-state index contributed by atoms with van der Waals surface area (Å²) >= 11 is 0. The van der Waals surface area contributed by atoms with Crippen LogP contribution in [-0.4, -0.2) is 41.4 Å². The molecule has 0 aliphatic heterocycles. The lowest BCUT2D eigenvalue weighted by Gasteiger charge is -2.13. The Morgan fingerprint density at radius 2 is 2.42 bits per heavy atom. The molecule has 0 atom stereocenters. The van der Waals surface area contributed by atoms with E-state index < -0.39 is 0 Å². The molecule has 0 spiro atoms. The minimum Gasteiger partial charge on any atom is -0.473 e. The van der Waals surface area contributed by atoms with Crippen molar-refractivity contribution in [2.24, 2.45) is 4.99 Å². The summed E-state index contributed by atoms with van der Waals surface area (Å²) in [5.41, 5.74) is 7.39. The van der Waals surface area contributed by atoms with E-state index in [9.17, 15) is 0 Å². The Hall–Kier alpha value is -2.50. The van der Waals surface area contributed by atoms with Crippen molar-refractivity contribution < 1.29 is 4.74 Å². The van der Waals surface area contributed by atoms with E-state index in [2.05, 4.69) is 16.8 Å². The Morgan fingerprint density at radius 3 is 3.16 bits per heavy atom. The minimum atomic E-state index is 0.463. The van der Waals surface area contributed by atoms with E-state index in [0.29, 0.717) is 24.7 Å². The van der Waals surface area contributed by atoms with Crippen molar-refractivity contribution in [3.8, 4) is 5.88 Å². The zero-order valence-corrected chi connectivity index (χ0v) is 10.9. The summed E-state index contributed by atoms with van der Waals surface area (Å²) in [7, 11) is 1.93. The molecule has 0 aromatic carbocycles. The number of pyridine rings is 1. The lowest BCUT2D eigenvalue weighted by molar-refractivity contribution is 0.265. The van der Waals surface area contributed by atoms with Gasteiger partial charge in [-0.2, -0.15) is 0 Å². The Morgan fingerprint density at radius 1 is 1.58 bits per heavy atom. The number of anilines is 1. The molecule has 2 aromatic rings. The first-order valence-electron chi connectivity index (χ1n) is 5.90. The number of hydrogen-bond acceptors (Lipinski definition) is 5. The Kier molecular flexibility index (Phi) is 4.02. The number of likely N-dealkylation sites (N-methyl/N-ethyl adjacent to an activating group) is 1. The van der Waals surface area contributed by atoms with E-state index in [0.717, 1.165) is 5.52 Å². The van der Waals surface area contributed by atoms with Gasteiger partial charge in [-0.1, -0.05) is 6.07 Å². The topological polar surface area (TPSA) is 68.1 Å². The number of nitrogens with two attached hydrogens (primary N) is 1. The zero-order valence-electron chi connectivity index (χ0n) is 10.9. The third-order valence-electron chi connectivity index (χ3n) is 2.65. The summed E-state index contributed by atoms with van der Waals surface area (Å²) in [4.78, 5) is 5.58. The molecule has 0 saturated heterocycles. The van der Waals surface area contributed by atoms with Crippen LogP contribution in [0.3, 0.4) is 0 Å². The molecule has 100 valence electrons. The molecule has 0 unspecified atom stereocenters. The average molecular weight is 259 g/mol. The van der Waals surface area contributed by atoms with E-state index in [1.807, 2.05) is 42.5 Å². The number of ether oxygens (including phenoxy) is 1. The van der Waals surface area contributed by atoms with Crippen molar-refractivity contribution >= 4 is 17.9 Å². The molecule has 0 fully saturated rings. The summed E-state index contributed by atoms with van der Waals surface area (Å²) in [6.45, 7) is 4.57. The van der Waals surface area contributed by atoms with Crippen LogP contribution in [0.1, 0.15) is 0 Å². The third-order valence-corrected chi connectivity index (χ3v) is 2.65. The number of rotatable bonds is 6. The number of fused-ring (bicyclic) bond motifs is 1. The van der Waals surface area contributed by atoms with Gasteiger partial charge in [-0.05, 0) is 18.9 Å². The second-order valence-corrected chi connectivity index (χ2v) is 4.06. The first-order valence-corrected chi connectivity index (χ1v) is 5.90. The maximum Gasteiger partial charge on any atom is 0.257 e. The van der Waals surface area contributed by atoms with Gasteiger partial charge in [0, 0.05) is 25.6 Å². The highest BCUT2D eigenvalue weighted by Crippen LogP contribution is 2.24. The van der Waals surface area contributed by atoms with Gasteiger partial charge < -0.3 is 15.4 Å². The van der Waals surface area contributed by atoms with Crippen LogP contribution in [0.25, 0.3) is 5.52 Å².